The molecule has 1 aliphatic carbocycles. The minimum atomic E-state index is -0.418. The smallest absolute Gasteiger partial charge is 0.0995 e. The van der Waals surface area contributed by atoms with Crippen LogP contribution in [-0.2, 0) is 0 Å². The van der Waals surface area contributed by atoms with E-state index < -0.39 is 6.10 Å². The van der Waals surface area contributed by atoms with Gasteiger partial charge in [0.2, 0.25) is 0 Å². The fourth-order valence-corrected chi connectivity index (χ4v) is 4.60. The number of hydrogen-bond acceptors (Lipinski definition) is 3. The summed E-state index contributed by atoms with van der Waals surface area (Å²) in [7, 11) is 0. The molecule has 0 radical (unpaired) electrons. The van der Waals surface area contributed by atoms with E-state index in [1.165, 1.54) is 29.7 Å². The Morgan fingerprint density at radius 3 is 2.63 bits per heavy atom. The van der Waals surface area contributed by atoms with Crippen LogP contribution in [0, 0.1) is 12.8 Å². The van der Waals surface area contributed by atoms with Gasteiger partial charge in [-0.2, -0.15) is 0 Å². The fraction of sp³-hybridized carbons (Fsp3) is 0.435. The Bertz CT molecular complexity index is 951. The van der Waals surface area contributed by atoms with Crippen molar-refractivity contribution in [3.05, 3.63) is 65.7 Å². The first-order valence-corrected chi connectivity index (χ1v) is 10.2. The van der Waals surface area contributed by atoms with E-state index in [4.69, 9.17) is 0 Å². The van der Waals surface area contributed by atoms with Crippen molar-refractivity contribution >= 4 is 11.2 Å². The molecule has 1 saturated heterocycles. The molecular formula is C23H27N3O. The monoisotopic (exact) mass is 361 g/mol. The number of aliphatic hydroxyl groups excluding tert-OH is 1. The Morgan fingerprint density at radius 2 is 1.89 bits per heavy atom. The highest BCUT2D eigenvalue weighted by Gasteiger charge is 2.34. The normalized spacial score (nSPS) is 19.6. The van der Waals surface area contributed by atoms with Crippen LogP contribution in [-0.4, -0.2) is 27.6 Å². The maximum atomic E-state index is 11.4. The van der Waals surface area contributed by atoms with Crippen LogP contribution in [0.3, 0.4) is 0 Å². The Hall–Kier alpha value is -2.33. The van der Waals surface area contributed by atoms with Gasteiger partial charge in [0, 0.05) is 18.8 Å². The molecule has 2 aromatic heterocycles. The lowest BCUT2D eigenvalue weighted by Crippen LogP contribution is -2.36. The van der Waals surface area contributed by atoms with Gasteiger partial charge in [-0.15, -0.1) is 0 Å². The van der Waals surface area contributed by atoms with Crippen molar-refractivity contribution in [2.75, 3.05) is 18.0 Å². The third kappa shape index (κ3) is 3.12. The van der Waals surface area contributed by atoms with Crippen LogP contribution in [0.15, 0.2) is 48.9 Å². The molecule has 0 spiro atoms. The number of rotatable bonds is 4. The van der Waals surface area contributed by atoms with E-state index >= 15 is 0 Å². The third-order valence-electron chi connectivity index (χ3n) is 6.31. The number of aromatic nitrogens is 2. The Balaban J connectivity index is 1.38. The second-order valence-electron chi connectivity index (χ2n) is 8.25. The molecule has 0 unspecified atom stereocenters. The summed E-state index contributed by atoms with van der Waals surface area (Å²) in [6.07, 6.45) is 7.85. The average molecular weight is 361 g/mol. The van der Waals surface area contributed by atoms with Gasteiger partial charge in [0.05, 0.1) is 29.8 Å². The Morgan fingerprint density at radius 1 is 1.07 bits per heavy atom. The van der Waals surface area contributed by atoms with Gasteiger partial charge < -0.3 is 14.4 Å². The van der Waals surface area contributed by atoms with Crippen molar-refractivity contribution in [3.8, 4) is 0 Å². The molecule has 27 heavy (non-hydrogen) atoms. The summed E-state index contributed by atoms with van der Waals surface area (Å²) < 4.78 is 2.12. The minimum absolute atomic E-state index is 0.302. The highest BCUT2D eigenvalue weighted by molar-refractivity contribution is 5.51. The van der Waals surface area contributed by atoms with E-state index in [0.717, 1.165) is 37.1 Å². The summed E-state index contributed by atoms with van der Waals surface area (Å²) in [6, 6.07) is 13.1. The van der Waals surface area contributed by atoms with E-state index in [1.807, 2.05) is 12.5 Å². The van der Waals surface area contributed by atoms with E-state index in [1.54, 1.807) is 0 Å². The summed E-state index contributed by atoms with van der Waals surface area (Å²) in [5.74, 6) is 0.922. The predicted molar refractivity (Wildman–Crippen MR) is 108 cm³/mol. The summed E-state index contributed by atoms with van der Waals surface area (Å²) in [6.45, 7) is 4.15. The second kappa shape index (κ2) is 6.68. The molecule has 4 nitrogen and oxygen atoms in total. The lowest BCUT2D eigenvalue weighted by atomic mass is 9.87. The molecule has 1 saturated carbocycles. The zero-order chi connectivity index (χ0) is 18.4. The predicted octanol–water partition coefficient (Wildman–Crippen LogP) is 4.47. The number of pyridine rings is 1. The van der Waals surface area contributed by atoms with Gasteiger partial charge in [-0.1, -0.05) is 18.2 Å². The molecule has 2 aliphatic rings. The minimum Gasteiger partial charge on any atom is -0.387 e. The van der Waals surface area contributed by atoms with E-state index in [2.05, 4.69) is 57.6 Å². The Labute approximate surface area is 160 Å². The molecule has 3 aromatic rings. The van der Waals surface area contributed by atoms with Gasteiger partial charge in [-0.25, -0.2) is 4.98 Å². The zero-order valence-corrected chi connectivity index (χ0v) is 15.9. The van der Waals surface area contributed by atoms with Gasteiger partial charge in [0.15, 0.2) is 0 Å². The number of aryl methyl sites for hydroxylation is 1. The van der Waals surface area contributed by atoms with Gasteiger partial charge in [0.25, 0.3) is 0 Å². The summed E-state index contributed by atoms with van der Waals surface area (Å²) in [5.41, 5.74) is 6.09. The average Bonchev–Trinajstić information content (AvgIpc) is 3.43. The highest BCUT2D eigenvalue weighted by Crippen LogP contribution is 2.45. The molecule has 3 heterocycles. The molecular weight excluding hydrogens is 334 g/mol. The van der Waals surface area contributed by atoms with Gasteiger partial charge >= 0.3 is 0 Å². The molecule has 0 amide bonds. The molecule has 140 valence electrons. The van der Waals surface area contributed by atoms with Crippen LogP contribution < -0.4 is 4.90 Å². The van der Waals surface area contributed by atoms with Crippen molar-refractivity contribution in [2.24, 2.45) is 5.92 Å². The SMILES string of the molecule is Cc1cccc(N2CCC([C@H](O)c3c(C4CC4)ccc4cncn34)CC2)c1. The summed E-state index contributed by atoms with van der Waals surface area (Å²) in [4.78, 5) is 6.77. The molecule has 2 fully saturated rings. The van der Waals surface area contributed by atoms with Crippen molar-refractivity contribution in [1.29, 1.82) is 0 Å². The molecule has 1 N–H and O–H groups in total. The number of nitrogens with zero attached hydrogens (tertiary/aromatic N) is 3. The van der Waals surface area contributed by atoms with Crippen LogP contribution in [0.25, 0.3) is 5.52 Å². The standard InChI is InChI=1S/C23H27N3O/c1-16-3-2-4-19(13-16)25-11-9-18(10-12-25)23(27)22-21(17-5-6-17)8-7-20-14-24-15-26(20)22/h2-4,7-8,13-15,17-18,23,27H,5-6,9-12H2,1H3/t23-/m0/s1. The van der Waals surface area contributed by atoms with E-state index in [9.17, 15) is 5.11 Å². The van der Waals surface area contributed by atoms with Crippen molar-refractivity contribution in [3.63, 3.8) is 0 Å². The van der Waals surface area contributed by atoms with Crippen molar-refractivity contribution in [1.82, 2.24) is 9.38 Å². The third-order valence-corrected chi connectivity index (χ3v) is 6.31. The fourth-order valence-electron chi connectivity index (χ4n) is 4.60. The van der Waals surface area contributed by atoms with Gasteiger partial charge in [-0.05, 0) is 73.8 Å². The van der Waals surface area contributed by atoms with Crippen LogP contribution in [0.2, 0.25) is 0 Å². The number of aliphatic hydroxyl groups is 1. The van der Waals surface area contributed by atoms with Crippen LogP contribution in [0.1, 0.15) is 54.5 Å². The maximum absolute atomic E-state index is 11.4. The number of anilines is 1. The zero-order valence-electron chi connectivity index (χ0n) is 15.9. The van der Waals surface area contributed by atoms with Crippen molar-refractivity contribution < 1.29 is 5.11 Å². The first-order chi connectivity index (χ1) is 13.2. The molecule has 1 aliphatic heterocycles. The molecule has 1 aromatic carbocycles. The quantitative estimate of drug-likeness (QED) is 0.745. The second-order valence-corrected chi connectivity index (χ2v) is 8.25. The number of benzene rings is 1. The number of fused-ring (bicyclic) bond motifs is 1. The van der Waals surface area contributed by atoms with Crippen LogP contribution >= 0.6 is 0 Å². The van der Waals surface area contributed by atoms with Gasteiger partial charge in [-0.3, -0.25) is 0 Å². The van der Waals surface area contributed by atoms with Crippen molar-refractivity contribution in [2.45, 2.75) is 44.6 Å². The number of piperidine rings is 1. The Kier molecular flexibility index (Phi) is 4.16. The maximum Gasteiger partial charge on any atom is 0.0995 e. The molecule has 0 bridgehead atoms. The molecule has 5 rings (SSSR count). The number of hydrogen-bond donors (Lipinski definition) is 1. The van der Waals surface area contributed by atoms with Gasteiger partial charge in [0.1, 0.15) is 0 Å². The topological polar surface area (TPSA) is 40.8 Å². The summed E-state index contributed by atoms with van der Waals surface area (Å²) in [5, 5.41) is 11.4. The van der Waals surface area contributed by atoms with E-state index in [-0.39, 0.29) is 0 Å². The van der Waals surface area contributed by atoms with E-state index in [0.29, 0.717) is 11.8 Å². The highest BCUT2D eigenvalue weighted by atomic mass is 16.3. The lowest BCUT2D eigenvalue weighted by molar-refractivity contribution is 0.0871. The number of imidazole rings is 1. The lowest BCUT2D eigenvalue weighted by Gasteiger charge is -2.36. The molecule has 4 heteroatoms. The van der Waals surface area contributed by atoms with Crippen LogP contribution in [0.4, 0.5) is 5.69 Å². The molecule has 1 atom stereocenters. The largest absolute Gasteiger partial charge is 0.387 e. The first-order valence-electron chi connectivity index (χ1n) is 10.2. The van der Waals surface area contributed by atoms with Crippen LogP contribution in [0.5, 0.6) is 0 Å². The summed E-state index contributed by atoms with van der Waals surface area (Å²) >= 11 is 0. The first kappa shape index (κ1) is 16.8.